The molecular weight excluding hydrogens is 312 g/mol. The van der Waals surface area contributed by atoms with Crippen LogP contribution in [0.4, 0.5) is 0 Å². The van der Waals surface area contributed by atoms with Crippen molar-refractivity contribution in [1.29, 1.82) is 0 Å². The van der Waals surface area contributed by atoms with Gasteiger partial charge < -0.3 is 20.3 Å². The summed E-state index contributed by atoms with van der Waals surface area (Å²) in [7, 11) is 3.86. The van der Waals surface area contributed by atoms with E-state index in [0.29, 0.717) is 6.54 Å². The van der Waals surface area contributed by atoms with Crippen molar-refractivity contribution in [2.75, 3.05) is 46.9 Å². The largest absolute Gasteiger partial charge is 0.385 e. The lowest BCUT2D eigenvalue weighted by atomic mass is 10.2. The highest BCUT2D eigenvalue weighted by molar-refractivity contribution is 6.30. The Kier molecular flexibility index (Phi) is 10.4. The standard InChI is InChI=1S/C17H29ClN4O/c1-4-19-17(20-10-12-22(2)11-5-13-23-3)21-14-15-6-8-16(18)9-7-15/h6-9H,4-5,10-14H2,1-3H3,(H2,19,20,21). The summed E-state index contributed by atoms with van der Waals surface area (Å²) in [6.07, 6.45) is 1.05. The van der Waals surface area contributed by atoms with E-state index in [0.717, 1.165) is 55.8 Å². The summed E-state index contributed by atoms with van der Waals surface area (Å²) >= 11 is 5.89. The third-order valence-corrected chi connectivity index (χ3v) is 3.60. The number of hydrogen-bond acceptors (Lipinski definition) is 3. The lowest BCUT2D eigenvalue weighted by Gasteiger charge is -2.18. The number of rotatable bonds is 10. The van der Waals surface area contributed by atoms with Crippen LogP contribution in [0, 0.1) is 0 Å². The number of nitrogens with one attached hydrogen (secondary N) is 2. The number of likely N-dealkylation sites (N-methyl/N-ethyl adjacent to an activating group) is 1. The predicted molar refractivity (Wildman–Crippen MR) is 98.3 cm³/mol. The molecular formula is C17H29ClN4O. The first-order valence-electron chi connectivity index (χ1n) is 8.09. The molecule has 130 valence electrons. The number of nitrogens with zero attached hydrogens (tertiary/aromatic N) is 2. The Morgan fingerprint density at radius 3 is 2.61 bits per heavy atom. The molecule has 2 N–H and O–H groups in total. The molecule has 23 heavy (non-hydrogen) atoms. The van der Waals surface area contributed by atoms with E-state index in [-0.39, 0.29) is 0 Å². The minimum Gasteiger partial charge on any atom is -0.385 e. The third-order valence-electron chi connectivity index (χ3n) is 3.35. The van der Waals surface area contributed by atoms with E-state index in [9.17, 15) is 0 Å². The van der Waals surface area contributed by atoms with Crippen LogP contribution >= 0.6 is 11.6 Å². The van der Waals surface area contributed by atoms with Crippen LogP contribution in [-0.4, -0.2) is 57.8 Å². The van der Waals surface area contributed by atoms with E-state index < -0.39 is 0 Å². The number of ether oxygens (including phenoxy) is 1. The topological polar surface area (TPSA) is 48.9 Å². The highest BCUT2D eigenvalue weighted by atomic mass is 35.5. The first-order chi connectivity index (χ1) is 11.2. The molecule has 0 aromatic heterocycles. The molecule has 1 aromatic carbocycles. The van der Waals surface area contributed by atoms with Gasteiger partial charge in [-0.2, -0.15) is 0 Å². The zero-order valence-corrected chi connectivity index (χ0v) is 15.2. The molecule has 0 aliphatic rings. The molecule has 1 rings (SSSR count). The van der Waals surface area contributed by atoms with E-state index in [1.54, 1.807) is 7.11 Å². The van der Waals surface area contributed by atoms with E-state index >= 15 is 0 Å². The van der Waals surface area contributed by atoms with Crippen molar-refractivity contribution in [2.24, 2.45) is 4.99 Å². The molecule has 0 saturated heterocycles. The highest BCUT2D eigenvalue weighted by Crippen LogP contribution is 2.10. The van der Waals surface area contributed by atoms with Crippen LogP contribution in [0.15, 0.2) is 29.3 Å². The van der Waals surface area contributed by atoms with Crippen molar-refractivity contribution in [1.82, 2.24) is 15.5 Å². The SMILES string of the molecule is CCNC(=NCc1ccc(Cl)cc1)NCCN(C)CCCOC. The lowest BCUT2D eigenvalue weighted by molar-refractivity contribution is 0.180. The number of aliphatic imine (C=N–C) groups is 1. The number of benzene rings is 1. The minimum atomic E-state index is 0.635. The second kappa shape index (κ2) is 12.2. The number of guanidine groups is 1. The molecule has 6 heteroatoms. The smallest absolute Gasteiger partial charge is 0.191 e. The first-order valence-corrected chi connectivity index (χ1v) is 8.47. The predicted octanol–water partition coefficient (Wildman–Crippen LogP) is 2.36. The average molecular weight is 341 g/mol. The molecule has 0 spiro atoms. The molecule has 0 atom stereocenters. The molecule has 0 heterocycles. The molecule has 0 amide bonds. The molecule has 0 aliphatic heterocycles. The fraction of sp³-hybridized carbons (Fsp3) is 0.588. The summed E-state index contributed by atoms with van der Waals surface area (Å²) in [5, 5.41) is 7.38. The molecule has 0 unspecified atom stereocenters. The Morgan fingerprint density at radius 1 is 1.22 bits per heavy atom. The lowest BCUT2D eigenvalue weighted by Crippen LogP contribution is -2.41. The van der Waals surface area contributed by atoms with Crippen molar-refractivity contribution in [3.05, 3.63) is 34.9 Å². The van der Waals surface area contributed by atoms with Crippen LogP contribution in [0.25, 0.3) is 0 Å². The third kappa shape index (κ3) is 9.43. The number of methoxy groups -OCH3 is 1. The number of hydrogen-bond donors (Lipinski definition) is 2. The summed E-state index contributed by atoms with van der Waals surface area (Å²) in [4.78, 5) is 6.88. The molecule has 5 nitrogen and oxygen atoms in total. The van der Waals surface area contributed by atoms with Crippen molar-refractivity contribution in [2.45, 2.75) is 19.9 Å². The van der Waals surface area contributed by atoms with Gasteiger partial charge in [-0.1, -0.05) is 23.7 Å². The van der Waals surface area contributed by atoms with Gasteiger partial charge in [0.25, 0.3) is 0 Å². The van der Waals surface area contributed by atoms with E-state index in [4.69, 9.17) is 16.3 Å². The summed E-state index contributed by atoms with van der Waals surface area (Å²) in [5.41, 5.74) is 1.14. The van der Waals surface area contributed by atoms with E-state index in [1.807, 2.05) is 24.3 Å². The van der Waals surface area contributed by atoms with Crippen molar-refractivity contribution in [3.63, 3.8) is 0 Å². The molecule has 0 fully saturated rings. The fourth-order valence-corrected chi connectivity index (χ4v) is 2.18. The average Bonchev–Trinajstić information content (AvgIpc) is 2.54. The van der Waals surface area contributed by atoms with E-state index in [2.05, 4.69) is 34.5 Å². The maximum Gasteiger partial charge on any atom is 0.191 e. The monoisotopic (exact) mass is 340 g/mol. The Morgan fingerprint density at radius 2 is 1.96 bits per heavy atom. The van der Waals surface area contributed by atoms with Crippen molar-refractivity contribution >= 4 is 17.6 Å². The number of halogens is 1. The van der Waals surface area contributed by atoms with Gasteiger partial charge in [0.1, 0.15) is 0 Å². The van der Waals surface area contributed by atoms with Gasteiger partial charge in [0.2, 0.25) is 0 Å². The van der Waals surface area contributed by atoms with Crippen LogP contribution in [0.5, 0.6) is 0 Å². The van der Waals surface area contributed by atoms with Gasteiger partial charge in [-0.3, -0.25) is 0 Å². The summed E-state index contributed by atoms with van der Waals surface area (Å²) in [5.74, 6) is 0.841. The molecule has 0 aliphatic carbocycles. The van der Waals surface area contributed by atoms with Crippen LogP contribution in [0.2, 0.25) is 5.02 Å². The Bertz CT molecular complexity index is 450. The normalized spacial score (nSPS) is 11.8. The maximum absolute atomic E-state index is 5.89. The molecule has 0 bridgehead atoms. The van der Waals surface area contributed by atoms with Crippen molar-refractivity contribution in [3.8, 4) is 0 Å². The first kappa shape index (κ1) is 19.7. The maximum atomic E-state index is 5.89. The zero-order valence-electron chi connectivity index (χ0n) is 14.4. The summed E-state index contributed by atoms with van der Waals surface area (Å²) in [6, 6.07) is 7.78. The van der Waals surface area contributed by atoms with E-state index in [1.165, 1.54) is 0 Å². The second-order valence-corrected chi connectivity index (χ2v) is 5.83. The Hall–Kier alpha value is -1.30. The second-order valence-electron chi connectivity index (χ2n) is 5.40. The zero-order chi connectivity index (χ0) is 16.9. The van der Waals surface area contributed by atoms with Crippen LogP contribution < -0.4 is 10.6 Å². The molecule has 0 saturated carbocycles. The van der Waals surface area contributed by atoms with Crippen LogP contribution in [-0.2, 0) is 11.3 Å². The molecule has 0 radical (unpaired) electrons. The van der Waals surface area contributed by atoms with Crippen LogP contribution in [0.3, 0.4) is 0 Å². The Balaban J connectivity index is 2.35. The fourth-order valence-electron chi connectivity index (χ4n) is 2.06. The van der Waals surface area contributed by atoms with Crippen LogP contribution in [0.1, 0.15) is 18.9 Å². The van der Waals surface area contributed by atoms with Gasteiger partial charge in [-0.15, -0.1) is 0 Å². The van der Waals surface area contributed by atoms with Gasteiger partial charge >= 0.3 is 0 Å². The highest BCUT2D eigenvalue weighted by Gasteiger charge is 2.01. The van der Waals surface area contributed by atoms with Gasteiger partial charge in [-0.25, -0.2) is 4.99 Å². The summed E-state index contributed by atoms with van der Waals surface area (Å²) < 4.78 is 5.07. The minimum absolute atomic E-state index is 0.635. The summed E-state index contributed by atoms with van der Waals surface area (Å²) in [6.45, 7) is 7.21. The van der Waals surface area contributed by atoms with Crippen molar-refractivity contribution < 1.29 is 4.74 Å². The van der Waals surface area contributed by atoms with Gasteiger partial charge in [-0.05, 0) is 38.1 Å². The van der Waals surface area contributed by atoms with Gasteiger partial charge in [0.15, 0.2) is 5.96 Å². The van der Waals surface area contributed by atoms with Gasteiger partial charge in [0.05, 0.1) is 6.54 Å². The van der Waals surface area contributed by atoms with Gasteiger partial charge in [0, 0.05) is 44.9 Å². The Labute approximate surface area is 145 Å². The quantitative estimate of drug-likeness (QED) is 0.390. The molecule has 1 aromatic rings.